The molecule has 4 rings (SSSR count). The summed E-state index contributed by atoms with van der Waals surface area (Å²) in [5, 5.41) is 5.24. The summed E-state index contributed by atoms with van der Waals surface area (Å²) in [7, 11) is 1.88. The van der Waals surface area contributed by atoms with Crippen LogP contribution in [-0.2, 0) is 11.8 Å². The molecule has 2 N–H and O–H groups in total. The molecule has 0 spiro atoms. The van der Waals surface area contributed by atoms with Gasteiger partial charge in [-0.1, -0.05) is 6.42 Å². The topological polar surface area (TPSA) is 93.2 Å². The Hall–Kier alpha value is -2.22. The van der Waals surface area contributed by atoms with Gasteiger partial charge in [-0.3, -0.25) is 9.48 Å². The zero-order valence-corrected chi connectivity index (χ0v) is 14.6. The molecule has 1 saturated heterocycles. The molecule has 0 unspecified atom stereocenters. The first kappa shape index (κ1) is 16.3. The van der Waals surface area contributed by atoms with Crippen molar-refractivity contribution in [3.8, 4) is 0 Å². The highest BCUT2D eigenvalue weighted by atomic mass is 16.2. The average Bonchev–Trinajstić information content (AvgIpc) is 3.28. The van der Waals surface area contributed by atoms with E-state index in [0.717, 1.165) is 62.3 Å². The summed E-state index contributed by atoms with van der Waals surface area (Å²) in [5.41, 5.74) is 6.68. The second-order valence-electron chi connectivity index (χ2n) is 7.05. The quantitative estimate of drug-likeness (QED) is 0.866. The SMILES string of the molecule is Cn1ncc2c(N3CCN(C(=O)[C@@H]4CCC[C@@H]4CN)CC3)ncnc21. The van der Waals surface area contributed by atoms with Crippen LogP contribution in [0.4, 0.5) is 5.82 Å². The molecule has 25 heavy (non-hydrogen) atoms. The van der Waals surface area contributed by atoms with Gasteiger partial charge < -0.3 is 15.5 Å². The molecule has 0 aromatic carbocycles. The molecule has 134 valence electrons. The number of hydrogen-bond donors (Lipinski definition) is 1. The van der Waals surface area contributed by atoms with Crippen molar-refractivity contribution in [3.05, 3.63) is 12.5 Å². The van der Waals surface area contributed by atoms with E-state index in [2.05, 4.69) is 20.0 Å². The first-order valence-corrected chi connectivity index (χ1v) is 9.05. The largest absolute Gasteiger partial charge is 0.352 e. The standard InChI is InChI=1S/C17H25N7O/c1-22-15-14(10-21-22)16(20-11-19-15)23-5-7-24(8-6-23)17(25)13-4-2-3-12(13)9-18/h10-13H,2-9,18H2,1H3/t12-,13-/m1/s1. The number of nitrogens with two attached hydrogens (primary N) is 1. The van der Waals surface area contributed by atoms with Crippen LogP contribution >= 0.6 is 0 Å². The number of aromatic nitrogens is 4. The zero-order valence-electron chi connectivity index (χ0n) is 14.6. The summed E-state index contributed by atoms with van der Waals surface area (Å²) in [4.78, 5) is 25.8. The Morgan fingerprint density at radius 1 is 1.24 bits per heavy atom. The van der Waals surface area contributed by atoms with Crippen LogP contribution in [-0.4, -0.2) is 63.3 Å². The highest BCUT2D eigenvalue weighted by Gasteiger charge is 2.35. The van der Waals surface area contributed by atoms with Crippen LogP contribution in [0.5, 0.6) is 0 Å². The third-order valence-electron chi connectivity index (χ3n) is 5.68. The van der Waals surface area contributed by atoms with E-state index in [9.17, 15) is 4.79 Å². The van der Waals surface area contributed by atoms with Crippen LogP contribution in [0.3, 0.4) is 0 Å². The van der Waals surface area contributed by atoms with Crippen molar-refractivity contribution in [1.29, 1.82) is 0 Å². The first-order chi connectivity index (χ1) is 12.2. The van der Waals surface area contributed by atoms with E-state index in [1.54, 1.807) is 11.0 Å². The second kappa shape index (κ2) is 6.59. The van der Waals surface area contributed by atoms with E-state index < -0.39 is 0 Å². The number of carbonyl (C=O) groups is 1. The molecular formula is C17H25N7O. The van der Waals surface area contributed by atoms with Gasteiger partial charge in [0, 0.05) is 39.1 Å². The number of aryl methyl sites for hydroxylation is 1. The molecule has 8 nitrogen and oxygen atoms in total. The third kappa shape index (κ3) is 2.84. The molecule has 1 aliphatic carbocycles. The van der Waals surface area contributed by atoms with Gasteiger partial charge >= 0.3 is 0 Å². The van der Waals surface area contributed by atoms with Crippen molar-refractivity contribution in [1.82, 2.24) is 24.6 Å². The van der Waals surface area contributed by atoms with E-state index in [0.29, 0.717) is 18.4 Å². The maximum absolute atomic E-state index is 12.8. The van der Waals surface area contributed by atoms with E-state index in [1.807, 2.05) is 18.1 Å². The molecular weight excluding hydrogens is 318 g/mol. The maximum Gasteiger partial charge on any atom is 0.226 e. The molecule has 8 heteroatoms. The molecule has 2 fully saturated rings. The predicted molar refractivity (Wildman–Crippen MR) is 95.0 cm³/mol. The fourth-order valence-electron chi connectivity index (χ4n) is 4.22. The highest BCUT2D eigenvalue weighted by molar-refractivity contribution is 5.87. The van der Waals surface area contributed by atoms with Crippen LogP contribution in [0.1, 0.15) is 19.3 Å². The van der Waals surface area contributed by atoms with Gasteiger partial charge in [0.25, 0.3) is 0 Å². The Bertz CT molecular complexity index is 765. The summed E-state index contributed by atoms with van der Waals surface area (Å²) < 4.78 is 1.76. The van der Waals surface area contributed by atoms with Crippen molar-refractivity contribution in [2.45, 2.75) is 19.3 Å². The van der Waals surface area contributed by atoms with Crippen LogP contribution in [0.25, 0.3) is 11.0 Å². The average molecular weight is 343 g/mol. The summed E-state index contributed by atoms with van der Waals surface area (Å²) in [6.07, 6.45) is 6.60. The molecule has 2 aliphatic rings. The van der Waals surface area contributed by atoms with Gasteiger partial charge in [0.05, 0.1) is 11.6 Å². The maximum atomic E-state index is 12.8. The lowest BCUT2D eigenvalue weighted by atomic mass is 9.94. The number of hydrogen-bond acceptors (Lipinski definition) is 6. The molecule has 2 atom stereocenters. The second-order valence-corrected chi connectivity index (χ2v) is 7.05. The fourth-order valence-corrected chi connectivity index (χ4v) is 4.22. The number of piperazine rings is 1. The van der Waals surface area contributed by atoms with Crippen LogP contribution < -0.4 is 10.6 Å². The zero-order chi connectivity index (χ0) is 17.4. The van der Waals surface area contributed by atoms with Crippen LogP contribution in [0.15, 0.2) is 12.5 Å². The predicted octanol–water partition coefficient (Wildman–Crippen LogP) is 0.387. The van der Waals surface area contributed by atoms with Gasteiger partial charge in [-0.15, -0.1) is 0 Å². The molecule has 2 aromatic heterocycles. The van der Waals surface area contributed by atoms with E-state index in [-0.39, 0.29) is 5.92 Å². The van der Waals surface area contributed by atoms with Gasteiger partial charge in [-0.25, -0.2) is 9.97 Å². The van der Waals surface area contributed by atoms with Crippen molar-refractivity contribution >= 4 is 22.8 Å². The van der Waals surface area contributed by atoms with Gasteiger partial charge in [-0.2, -0.15) is 5.10 Å². The molecule has 1 saturated carbocycles. The van der Waals surface area contributed by atoms with E-state index in [4.69, 9.17) is 5.73 Å². The lowest BCUT2D eigenvalue weighted by molar-refractivity contribution is -0.136. The first-order valence-electron chi connectivity index (χ1n) is 9.05. The third-order valence-corrected chi connectivity index (χ3v) is 5.68. The van der Waals surface area contributed by atoms with Crippen molar-refractivity contribution in [2.75, 3.05) is 37.6 Å². The van der Waals surface area contributed by atoms with Gasteiger partial charge in [-0.05, 0) is 25.3 Å². The molecule has 1 amide bonds. The fraction of sp³-hybridized carbons (Fsp3) is 0.647. The minimum absolute atomic E-state index is 0.126. The molecule has 1 aliphatic heterocycles. The molecule has 0 bridgehead atoms. The smallest absolute Gasteiger partial charge is 0.226 e. The normalized spacial score (nSPS) is 24.2. The minimum atomic E-state index is 0.126. The Labute approximate surface area is 147 Å². The summed E-state index contributed by atoms with van der Waals surface area (Å²) in [6.45, 7) is 3.66. The number of carbonyl (C=O) groups excluding carboxylic acids is 1. The Balaban J connectivity index is 1.45. The number of amides is 1. The minimum Gasteiger partial charge on any atom is -0.352 e. The van der Waals surface area contributed by atoms with Gasteiger partial charge in [0.1, 0.15) is 12.1 Å². The van der Waals surface area contributed by atoms with E-state index in [1.165, 1.54) is 0 Å². The van der Waals surface area contributed by atoms with Crippen molar-refractivity contribution in [2.24, 2.45) is 24.6 Å². The molecule has 3 heterocycles. The van der Waals surface area contributed by atoms with Crippen molar-refractivity contribution in [3.63, 3.8) is 0 Å². The molecule has 0 radical (unpaired) electrons. The Morgan fingerprint density at radius 2 is 2.04 bits per heavy atom. The summed E-state index contributed by atoms with van der Waals surface area (Å²) >= 11 is 0. The monoisotopic (exact) mass is 343 g/mol. The summed E-state index contributed by atoms with van der Waals surface area (Å²) in [5.74, 6) is 1.69. The van der Waals surface area contributed by atoms with Gasteiger partial charge in [0.15, 0.2) is 5.65 Å². The van der Waals surface area contributed by atoms with Crippen LogP contribution in [0.2, 0.25) is 0 Å². The number of nitrogens with zero attached hydrogens (tertiary/aromatic N) is 6. The van der Waals surface area contributed by atoms with Gasteiger partial charge in [0.2, 0.25) is 5.91 Å². The highest BCUT2D eigenvalue weighted by Crippen LogP contribution is 2.33. The number of fused-ring (bicyclic) bond motifs is 1. The lowest BCUT2D eigenvalue weighted by Gasteiger charge is -2.37. The number of rotatable bonds is 3. The summed E-state index contributed by atoms with van der Waals surface area (Å²) in [6, 6.07) is 0. The Morgan fingerprint density at radius 3 is 2.80 bits per heavy atom. The number of anilines is 1. The van der Waals surface area contributed by atoms with Crippen LogP contribution in [0, 0.1) is 11.8 Å². The Kier molecular flexibility index (Phi) is 4.29. The molecule has 2 aromatic rings. The lowest BCUT2D eigenvalue weighted by Crippen LogP contribution is -2.51. The van der Waals surface area contributed by atoms with E-state index >= 15 is 0 Å². The van der Waals surface area contributed by atoms with Crippen molar-refractivity contribution < 1.29 is 4.79 Å².